The minimum atomic E-state index is 0.879. The molecule has 0 spiro atoms. The molecule has 2 nitrogen and oxygen atoms in total. The summed E-state index contributed by atoms with van der Waals surface area (Å²) < 4.78 is 5.10. The number of rotatable bonds is 6. The van der Waals surface area contributed by atoms with E-state index in [0.29, 0.717) is 0 Å². The van der Waals surface area contributed by atoms with Crippen molar-refractivity contribution >= 4 is 0 Å². The molecular formula is C14H19NO. The van der Waals surface area contributed by atoms with Gasteiger partial charge in [-0.05, 0) is 24.6 Å². The van der Waals surface area contributed by atoms with E-state index in [1.54, 1.807) is 7.11 Å². The molecule has 16 heavy (non-hydrogen) atoms. The van der Waals surface area contributed by atoms with Crippen LogP contribution in [0.5, 0.6) is 5.75 Å². The minimum absolute atomic E-state index is 0.879. The van der Waals surface area contributed by atoms with Crippen molar-refractivity contribution < 1.29 is 4.74 Å². The first-order chi connectivity index (χ1) is 7.86. The molecule has 1 N–H and O–H groups in total. The minimum Gasteiger partial charge on any atom is -0.497 e. The van der Waals surface area contributed by atoms with Gasteiger partial charge in [0.05, 0.1) is 7.11 Å². The molecule has 0 aliphatic heterocycles. The molecule has 0 saturated carbocycles. The SMILES string of the molecule is C/C=C/C=C/CNCc1ccc(OC)cc1. The van der Waals surface area contributed by atoms with Crippen molar-refractivity contribution in [3.8, 4) is 5.75 Å². The van der Waals surface area contributed by atoms with Gasteiger partial charge in [0.25, 0.3) is 0 Å². The van der Waals surface area contributed by atoms with Crippen LogP contribution in [0.15, 0.2) is 48.6 Å². The smallest absolute Gasteiger partial charge is 0.118 e. The molecule has 0 atom stereocenters. The van der Waals surface area contributed by atoms with Crippen LogP contribution in [-0.4, -0.2) is 13.7 Å². The van der Waals surface area contributed by atoms with Crippen LogP contribution in [0.1, 0.15) is 12.5 Å². The average molecular weight is 217 g/mol. The Balaban J connectivity index is 2.26. The zero-order valence-corrected chi connectivity index (χ0v) is 9.94. The van der Waals surface area contributed by atoms with Gasteiger partial charge in [-0.15, -0.1) is 0 Å². The van der Waals surface area contributed by atoms with Gasteiger partial charge in [0.1, 0.15) is 5.75 Å². The number of ether oxygens (including phenoxy) is 1. The molecule has 0 unspecified atom stereocenters. The van der Waals surface area contributed by atoms with Gasteiger partial charge >= 0.3 is 0 Å². The predicted octanol–water partition coefficient (Wildman–Crippen LogP) is 2.92. The first kappa shape index (κ1) is 12.5. The number of methoxy groups -OCH3 is 1. The predicted molar refractivity (Wildman–Crippen MR) is 68.7 cm³/mol. The maximum Gasteiger partial charge on any atom is 0.118 e. The summed E-state index contributed by atoms with van der Waals surface area (Å²) in [6, 6.07) is 8.10. The lowest BCUT2D eigenvalue weighted by Crippen LogP contribution is -2.12. The van der Waals surface area contributed by atoms with Gasteiger partial charge in [0.15, 0.2) is 0 Å². The summed E-state index contributed by atoms with van der Waals surface area (Å²) in [5, 5.41) is 3.34. The largest absolute Gasteiger partial charge is 0.497 e. The van der Waals surface area contributed by atoms with Crippen LogP contribution in [0.3, 0.4) is 0 Å². The quantitative estimate of drug-likeness (QED) is 0.584. The van der Waals surface area contributed by atoms with E-state index >= 15 is 0 Å². The third kappa shape index (κ3) is 4.80. The summed E-state index contributed by atoms with van der Waals surface area (Å²) in [6.45, 7) is 3.77. The van der Waals surface area contributed by atoms with Gasteiger partial charge in [-0.3, -0.25) is 0 Å². The highest BCUT2D eigenvalue weighted by Gasteiger charge is 1.92. The summed E-state index contributed by atoms with van der Waals surface area (Å²) >= 11 is 0. The first-order valence-corrected chi connectivity index (χ1v) is 5.48. The number of benzene rings is 1. The molecule has 0 bridgehead atoms. The van der Waals surface area contributed by atoms with Gasteiger partial charge < -0.3 is 10.1 Å². The summed E-state index contributed by atoms with van der Waals surface area (Å²) in [7, 11) is 1.68. The topological polar surface area (TPSA) is 21.3 Å². The summed E-state index contributed by atoms with van der Waals surface area (Å²) in [5.41, 5.74) is 1.26. The Morgan fingerprint density at radius 3 is 2.56 bits per heavy atom. The van der Waals surface area contributed by atoms with Gasteiger partial charge in [-0.2, -0.15) is 0 Å². The normalized spacial score (nSPS) is 11.4. The molecular weight excluding hydrogens is 198 g/mol. The van der Waals surface area contributed by atoms with Crippen molar-refractivity contribution in [2.75, 3.05) is 13.7 Å². The fraction of sp³-hybridized carbons (Fsp3) is 0.286. The lowest BCUT2D eigenvalue weighted by molar-refractivity contribution is 0.414. The van der Waals surface area contributed by atoms with Crippen LogP contribution in [0.25, 0.3) is 0 Å². The highest BCUT2D eigenvalue weighted by atomic mass is 16.5. The van der Waals surface area contributed by atoms with Gasteiger partial charge in [-0.1, -0.05) is 36.4 Å². The van der Waals surface area contributed by atoms with E-state index in [4.69, 9.17) is 4.74 Å². The van der Waals surface area contributed by atoms with E-state index in [-0.39, 0.29) is 0 Å². The second-order valence-corrected chi connectivity index (χ2v) is 3.43. The van der Waals surface area contributed by atoms with Crippen molar-refractivity contribution in [2.45, 2.75) is 13.5 Å². The molecule has 2 heteroatoms. The molecule has 1 aromatic carbocycles. The van der Waals surface area contributed by atoms with E-state index in [1.807, 2.05) is 37.3 Å². The van der Waals surface area contributed by atoms with Crippen LogP contribution < -0.4 is 10.1 Å². The fourth-order valence-electron chi connectivity index (χ4n) is 1.30. The standard InChI is InChI=1S/C14H19NO/c1-3-4-5-6-11-15-12-13-7-9-14(16-2)10-8-13/h3-10,15H,11-12H2,1-2H3/b4-3+,6-5+. The number of nitrogens with one attached hydrogen (secondary N) is 1. The molecule has 0 heterocycles. The van der Waals surface area contributed by atoms with E-state index in [1.165, 1.54) is 5.56 Å². The zero-order valence-electron chi connectivity index (χ0n) is 9.94. The van der Waals surface area contributed by atoms with Crippen LogP contribution in [0.4, 0.5) is 0 Å². The van der Waals surface area contributed by atoms with Crippen LogP contribution in [-0.2, 0) is 6.54 Å². The first-order valence-electron chi connectivity index (χ1n) is 5.48. The highest BCUT2D eigenvalue weighted by Crippen LogP contribution is 2.10. The summed E-state index contributed by atoms with van der Waals surface area (Å²) in [6.07, 6.45) is 8.18. The number of hydrogen-bond acceptors (Lipinski definition) is 2. The van der Waals surface area contributed by atoms with Crippen molar-refractivity contribution in [1.82, 2.24) is 5.32 Å². The highest BCUT2D eigenvalue weighted by molar-refractivity contribution is 5.27. The Labute approximate surface area is 97.6 Å². The monoisotopic (exact) mass is 217 g/mol. The van der Waals surface area contributed by atoms with Crippen molar-refractivity contribution in [3.05, 3.63) is 54.1 Å². The Hall–Kier alpha value is -1.54. The second-order valence-electron chi connectivity index (χ2n) is 3.43. The maximum atomic E-state index is 5.10. The van der Waals surface area contributed by atoms with Crippen LogP contribution >= 0.6 is 0 Å². The molecule has 1 rings (SSSR count). The molecule has 0 amide bonds. The molecule has 0 aromatic heterocycles. The average Bonchev–Trinajstić information content (AvgIpc) is 2.34. The Morgan fingerprint density at radius 2 is 1.94 bits per heavy atom. The van der Waals surface area contributed by atoms with Crippen molar-refractivity contribution in [3.63, 3.8) is 0 Å². The van der Waals surface area contributed by atoms with E-state index in [0.717, 1.165) is 18.8 Å². The third-order valence-corrected chi connectivity index (χ3v) is 2.19. The molecule has 0 radical (unpaired) electrons. The fourth-order valence-corrected chi connectivity index (χ4v) is 1.30. The van der Waals surface area contributed by atoms with Crippen molar-refractivity contribution in [1.29, 1.82) is 0 Å². The van der Waals surface area contributed by atoms with Gasteiger partial charge in [-0.25, -0.2) is 0 Å². The zero-order chi connectivity index (χ0) is 11.6. The third-order valence-electron chi connectivity index (χ3n) is 2.19. The molecule has 86 valence electrons. The Morgan fingerprint density at radius 1 is 1.19 bits per heavy atom. The van der Waals surface area contributed by atoms with Crippen molar-refractivity contribution in [2.24, 2.45) is 0 Å². The maximum absolute atomic E-state index is 5.10. The lowest BCUT2D eigenvalue weighted by atomic mass is 10.2. The summed E-state index contributed by atoms with van der Waals surface area (Å²) in [5.74, 6) is 0.900. The second kappa shape index (κ2) is 7.71. The number of allylic oxidation sites excluding steroid dienone is 3. The Kier molecular flexibility index (Phi) is 6.04. The Bertz CT molecular complexity index is 338. The van der Waals surface area contributed by atoms with Crippen LogP contribution in [0, 0.1) is 0 Å². The van der Waals surface area contributed by atoms with E-state index in [2.05, 4.69) is 23.5 Å². The van der Waals surface area contributed by atoms with Gasteiger partial charge in [0.2, 0.25) is 0 Å². The lowest BCUT2D eigenvalue weighted by Gasteiger charge is -2.03. The van der Waals surface area contributed by atoms with E-state index < -0.39 is 0 Å². The van der Waals surface area contributed by atoms with E-state index in [9.17, 15) is 0 Å². The molecule has 1 aromatic rings. The molecule has 0 aliphatic rings. The summed E-state index contributed by atoms with van der Waals surface area (Å²) in [4.78, 5) is 0. The molecule has 0 saturated heterocycles. The van der Waals surface area contributed by atoms with Crippen LogP contribution in [0.2, 0.25) is 0 Å². The molecule has 0 fully saturated rings. The number of hydrogen-bond donors (Lipinski definition) is 1. The molecule has 0 aliphatic carbocycles. The van der Waals surface area contributed by atoms with Gasteiger partial charge in [0, 0.05) is 13.1 Å².